The Bertz CT molecular complexity index is 1330. The Kier molecular flexibility index (Phi) is 11.3. The van der Waals surface area contributed by atoms with Crippen molar-refractivity contribution in [3.8, 4) is 0 Å². The minimum absolute atomic E-state index is 0.360. The molecule has 0 unspecified atom stereocenters. The predicted molar refractivity (Wildman–Crippen MR) is 170 cm³/mol. The third-order valence-electron chi connectivity index (χ3n) is 9.09. The molecule has 0 N–H and O–H groups in total. The summed E-state index contributed by atoms with van der Waals surface area (Å²) < 4.78 is 108. The van der Waals surface area contributed by atoms with Crippen LogP contribution in [0.5, 0.6) is 0 Å². The van der Waals surface area contributed by atoms with E-state index in [1.54, 1.807) is 0 Å². The summed E-state index contributed by atoms with van der Waals surface area (Å²) >= 11 is 2.92. The normalized spacial score (nSPS) is 23.3. The Labute approximate surface area is 286 Å². The van der Waals surface area contributed by atoms with Gasteiger partial charge in [-0.25, -0.2) is 19.9 Å². The molecule has 0 radical (unpaired) electrons. The highest BCUT2D eigenvalue weighted by Gasteiger charge is 2.63. The minimum atomic E-state index is -4.55. The Balaban J connectivity index is 0.000000203. The molecule has 20 heteroatoms. The van der Waals surface area contributed by atoms with Gasteiger partial charge in [0.15, 0.2) is 0 Å². The fraction of sp³-hybridized carbons (Fsp3) is 0.714. The van der Waals surface area contributed by atoms with Crippen LogP contribution in [-0.4, -0.2) is 74.7 Å². The van der Waals surface area contributed by atoms with Crippen LogP contribution in [-0.2, 0) is 40.3 Å². The molecule has 3 fully saturated rings. The van der Waals surface area contributed by atoms with Crippen LogP contribution in [0.2, 0.25) is 0 Å². The topological polar surface area (TPSA) is 107 Å². The highest BCUT2D eigenvalue weighted by Crippen LogP contribution is 2.43. The molecule has 5 rings (SSSR count). The van der Waals surface area contributed by atoms with Crippen LogP contribution in [0.25, 0.3) is 0 Å². The maximum atomic E-state index is 12.4. The van der Waals surface area contributed by atoms with Gasteiger partial charge in [0.05, 0.1) is 38.1 Å². The number of hydrogen-bond donors (Lipinski definition) is 0. The molecule has 3 aliphatic heterocycles. The Morgan fingerprint density at radius 2 is 0.729 bits per heavy atom. The van der Waals surface area contributed by atoms with Gasteiger partial charge in [-0.3, -0.25) is 0 Å². The summed E-state index contributed by atoms with van der Waals surface area (Å²) in [7, 11) is -1.71. The van der Waals surface area contributed by atoms with Gasteiger partial charge < -0.3 is 27.9 Å². The summed E-state index contributed by atoms with van der Waals surface area (Å²) in [5.74, 6) is -2.30. The van der Waals surface area contributed by atoms with E-state index in [0.717, 1.165) is 24.8 Å². The zero-order valence-corrected chi connectivity index (χ0v) is 30.5. The van der Waals surface area contributed by atoms with E-state index in [1.165, 1.54) is 0 Å². The molecule has 3 aliphatic rings. The van der Waals surface area contributed by atoms with E-state index in [2.05, 4.69) is 35.9 Å². The van der Waals surface area contributed by atoms with Crippen LogP contribution in [0.1, 0.15) is 94.7 Å². The predicted octanol–water partition coefficient (Wildman–Crippen LogP) is 6.30. The van der Waals surface area contributed by atoms with Gasteiger partial charge in [-0.05, 0) is 99.0 Å². The Morgan fingerprint density at radius 3 is 1.00 bits per heavy atom. The molecule has 0 spiro atoms. The zero-order chi connectivity index (χ0) is 36.9. The van der Waals surface area contributed by atoms with Gasteiger partial charge in [0.2, 0.25) is 11.6 Å². The molecule has 3 saturated heterocycles. The lowest BCUT2D eigenvalue weighted by molar-refractivity contribution is -0.145. The van der Waals surface area contributed by atoms with Crippen molar-refractivity contribution in [1.29, 1.82) is 0 Å². The maximum Gasteiger partial charge on any atom is 0.498 e. The standard InChI is InChI=1S/C12H24B2O4.C11H14BF3N2O2.C5H2BrF3N2/c1-9(2)10(3,4)16-13(15-9)14-17-11(5,6)12(7,8)18-14;1-9(2)10(3,4)19-12(18-9)7-5-16-8(17-6-7)11(13,14)15;6-3-1-10-4(11-2-3)5(7,8)9/h1-8H3;5-6H,1-4H3;1-2H. The third kappa shape index (κ3) is 9.09. The molecule has 0 saturated carbocycles. The fourth-order valence-corrected chi connectivity index (χ4v) is 4.25. The first-order valence-corrected chi connectivity index (χ1v) is 15.7. The zero-order valence-electron chi connectivity index (χ0n) is 28.9. The second-order valence-corrected chi connectivity index (χ2v) is 15.3. The molecule has 266 valence electrons. The second-order valence-electron chi connectivity index (χ2n) is 14.4. The lowest BCUT2D eigenvalue weighted by Crippen LogP contribution is -2.41. The molecule has 10 nitrogen and oxygen atoms in total. The van der Waals surface area contributed by atoms with Gasteiger partial charge in [0.25, 0.3) is 0 Å². The monoisotopic (exact) mass is 754 g/mol. The van der Waals surface area contributed by atoms with E-state index in [0.29, 0.717) is 9.94 Å². The number of nitrogens with zero attached hydrogens (tertiary/aromatic N) is 4. The Hall–Kier alpha value is -1.83. The minimum Gasteiger partial charge on any atom is -0.405 e. The summed E-state index contributed by atoms with van der Waals surface area (Å²) in [6.45, 7) is 23.6. The van der Waals surface area contributed by atoms with E-state index in [1.807, 2.05) is 83.1 Å². The number of halogens is 7. The van der Waals surface area contributed by atoms with Gasteiger partial charge in [-0.2, -0.15) is 26.3 Å². The van der Waals surface area contributed by atoms with Gasteiger partial charge >= 0.3 is 33.5 Å². The van der Waals surface area contributed by atoms with Gasteiger partial charge in [-0.1, -0.05) is 0 Å². The summed E-state index contributed by atoms with van der Waals surface area (Å²) in [5, 5.41) is 0. The molecule has 0 amide bonds. The maximum absolute atomic E-state index is 12.4. The van der Waals surface area contributed by atoms with Gasteiger partial charge in [-0.15, -0.1) is 0 Å². The third-order valence-corrected chi connectivity index (χ3v) is 9.50. The van der Waals surface area contributed by atoms with Crippen molar-refractivity contribution in [3.05, 3.63) is 40.9 Å². The van der Waals surface area contributed by atoms with Gasteiger partial charge in [0, 0.05) is 30.3 Å². The van der Waals surface area contributed by atoms with E-state index in [9.17, 15) is 26.3 Å². The summed E-state index contributed by atoms with van der Waals surface area (Å²) in [6, 6.07) is 0. The average Bonchev–Trinajstić information content (AvgIpc) is 3.37. The lowest BCUT2D eigenvalue weighted by Gasteiger charge is -2.32. The largest absolute Gasteiger partial charge is 0.498 e. The number of alkyl halides is 6. The van der Waals surface area contributed by atoms with Crippen LogP contribution in [0, 0.1) is 0 Å². The summed E-state index contributed by atoms with van der Waals surface area (Å²) in [5.41, 5.74) is -2.18. The first-order chi connectivity index (χ1) is 21.4. The molecular formula is C28H40B3BrF6N4O6. The quantitative estimate of drug-likeness (QED) is 0.256. The van der Waals surface area contributed by atoms with Crippen LogP contribution in [0.15, 0.2) is 29.3 Å². The van der Waals surface area contributed by atoms with E-state index in [4.69, 9.17) is 27.9 Å². The van der Waals surface area contributed by atoms with E-state index < -0.39 is 56.3 Å². The van der Waals surface area contributed by atoms with Crippen LogP contribution in [0.4, 0.5) is 26.3 Å². The lowest BCUT2D eigenvalue weighted by atomic mass is 9.49. The van der Waals surface area contributed by atoms with Crippen molar-refractivity contribution >= 4 is 42.5 Å². The van der Waals surface area contributed by atoms with Gasteiger partial charge in [0.1, 0.15) is 0 Å². The van der Waals surface area contributed by atoms with Crippen molar-refractivity contribution in [1.82, 2.24) is 19.9 Å². The average molecular weight is 755 g/mol. The first-order valence-electron chi connectivity index (χ1n) is 14.9. The van der Waals surface area contributed by atoms with Crippen LogP contribution in [0.3, 0.4) is 0 Å². The van der Waals surface area contributed by atoms with Crippen molar-refractivity contribution in [2.75, 3.05) is 0 Å². The molecule has 0 atom stereocenters. The van der Waals surface area contributed by atoms with Crippen molar-refractivity contribution < 1.29 is 54.3 Å². The highest BCUT2D eigenvalue weighted by molar-refractivity contribution is 9.10. The number of aromatic nitrogens is 4. The molecule has 0 bridgehead atoms. The fourth-order valence-electron chi connectivity index (χ4n) is 4.04. The first kappa shape index (κ1) is 40.6. The molecular weight excluding hydrogens is 715 g/mol. The molecule has 0 aromatic carbocycles. The van der Waals surface area contributed by atoms with Crippen molar-refractivity contribution in [2.45, 2.75) is 129 Å². The van der Waals surface area contributed by atoms with Crippen molar-refractivity contribution in [3.63, 3.8) is 0 Å². The molecule has 2 aromatic heterocycles. The molecule has 5 heterocycles. The number of hydrogen-bond acceptors (Lipinski definition) is 10. The SMILES string of the molecule is CC1(C)OB(B2OC(C)(C)C(C)(C)O2)OC1(C)C.CC1(C)OB(c2cnc(C(F)(F)F)nc2)OC1(C)C.FC(F)(F)c1ncc(Br)cn1. The summed E-state index contributed by atoms with van der Waals surface area (Å²) in [4.78, 5) is 12.7. The van der Waals surface area contributed by atoms with E-state index in [-0.39, 0.29) is 22.4 Å². The number of rotatable bonds is 2. The summed E-state index contributed by atoms with van der Waals surface area (Å²) in [6.07, 6.45) is -4.74. The highest BCUT2D eigenvalue weighted by atomic mass is 79.9. The van der Waals surface area contributed by atoms with Crippen LogP contribution < -0.4 is 5.46 Å². The van der Waals surface area contributed by atoms with Crippen LogP contribution >= 0.6 is 15.9 Å². The van der Waals surface area contributed by atoms with E-state index >= 15 is 0 Å². The Morgan fingerprint density at radius 1 is 0.479 bits per heavy atom. The second kappa shape index (κ2) is 13.4. The molecule has 0 aliphatic carbocycles. The molecule has 2 aromatic rings. The smallest absolute Gasteiger partial charge is 0.405 e. The molecule has 48 heavy (non-hydrogen) atoms. The van der Waals surface area contributed by atoms with Crippen molar-refractivity contribution in [2.24, 2.45) is 0 Å².